The van der Waals surface area contributed by atoms with Gasteiger partial charge in [-0.25, -0.2) is 8.42 Å². The SMILES string of the molecule is O=S(=O)(c1cccc[n+]1[O-])C1CCCC1. The monoisotopic (exact) mass is 227 g/mol. The molecule has 1 fully saturated rings. The van der Waals surface area contributed by atoms with Crippen molar-refractivity contribution in [3.05, 3.63) is 29.6 Å². The molecule has 0 unspecified atom stereocenters. The lowest BCUT2D eigenvalue weighted by atomic mass is 10.4. The second-order valence-corrected chi connectivity index (χ2v) is 5.99. The van der Waals surface area contributed by atoms with Crippen molar-refractivity contribution in [1.29, 1.82) is 0 Å². The minimum Gasteiger partial charge on any atom is -0.618 e. The fraction of sp³-hybridized carbons (Fsp3) is 0.500. The van der Waals surface area contributed by atoms with E-state index in [0.29, 0.717) is 17.6 Å². The first-order valence-electron chi connectivity index (χ1n) is 5.04. The maximum atomic E-state index is 12.0. The number of nitrogens with zero attached hydrogens (tertiary/aromatic N) is 1. The molecule has 0 atom stereocenters. The lowest BCUT2D eigenvalue weighted by Gasteiger charge is -2.09. The van der Waals surface area contributed by atoms with Crippen molar-refractivity contribution < 1.29 is 13.1 Å². The van der Waals surface area contributed by atoms with E-state index >= 15 is 0 Å². The molecule has 4 nitrogen and oxygen atoms in total. The molecule has 2 rings (SSSR count). The average Bonchev–Trinajstić information content (AvgIpc) is 2.71. The molecule has 1 aromatic heterocycles. The molecule has 0 N–H and O–H groups in total. The first kappa shape index (κ1) is 10.4. The van der Waals surface area contributed by atoms with E-state index < -0.39 is 9.84 Å². The van der Waals surface area contributed by atoms with Gasteiger partial charge in [0, 0.05) is 12.1 Å². The number of rotatable bonds is 2. The van der Waals surface area contributed by atoms with Crippen molar-refractivity contribution in [3.63, 3.8) is 0 Å². The molecule has 1 saturated carbocycles. The number of hydrogen-bond acceptors (Lipinski definition) is 3. The van der Waals surface area contributed by atoms with Gasteiger partial charge < -0.3 is 5.21 Å². The first-order chi connectivity index (χ1) is 7.12. The van der Waals surface area contributed by atoms with Crippen LogP contribution in [-0.2, 0) is 9.84 Å². The molecular weight excluding hydrogens is 214 g/mol. The van der Waals surface area contributed by atoms with Gasteiger partial charge >= 0.3 is 5.03 Å². The Balaban J connectivity index is 2.41. The fourth-order valence-electron chi connectivity index (χ4n) is 2.00. The predicted octanol–water partition coefficient (Wildman–Crippen LogP) is 1.04. The van der Waals surface area contributed by atoms with Crippen LogP contribution in [0.3, 0.4) is 0 Å². The van der Waals surface area contributed by atoms with Crippen LogP contribution in [0, 0.1) is 5.21 Å². The van der Waals surface area contributed by atoms with Crippen LogP contribution in [0.25, 0.3) is 0 Å². The fourth-order valence-corrected chi connectivity index (χ4v) is 3.88. The van der Waals surface area contributed by atoms with E-state index in [4.69, 9.17) is 0 Å². The van der Waals surface area contributed by atoms with E-state index in [2.05, 4.69) is 0 Å². The van der Waals surface area contributed by atoms with Gasteiger partial charge in [-0.15, -0.1) is 0 Å². The van der Waals surface area contributed by atoms with Gasteiger partial charge in [0.15, 0.2) is 6.20 Å². The van der Waals surface area contributed by atoms with Crippen LogP contribution in [-0.4, -0.2) is 13.7 Å². The highest BCUT2D eigenvalue weighted by atomic mass is 32.2. The highest BCUT2D eigenvalue weighted by Gasteiger charge is 2.35. The summed E-state index contributed by atoms with van der Waals surface area (Å²) in [6, 6.07) is 4.48. The van der Waals surface area contributed by atoms with E-state index in [0.717, 1.165) is 12.8 Å². The number of pyridine rings is 1. The molecule has 0 saturated heterocycles. The second kappa shape index (κ2) is 3.81. The van der Waals surface area contributed by atoms with Crippen LogP contribution in [0.4, 0.5) is 0 Å². The zero-order valence-corrected chi connectivity index (χ0v) is 9.11. The summed E-state index contributed by atoms with van der Waals surface area (Å²) in [7, 11) is -3.42. The Morgan fingerprint density at radius 2 is 1.93 bits per heavy atom. The smallest absolute Gasteiger partial charge is 0.308 e. The maximum Gasteiger partial charge on any atom is 0.308 e. The highest BCUT2D eigenvalue weighted by molar-refractivity contribution is 7.91. The Labute approximate surface area is 89.1 Å². The molecule has 0 bridgehead atoms. The number of sulfone groups is 1. The molecule has 1 aliphatic rings. The largest absolute Gasteiger partial charge is 0.618 e. The van der Waals surface area contributed by atoms with E-state index in [1.807, 2.05) is 0 Å². The molecule has 1 aromatic rings. The third-order valence-corrected chi connectivity index (χ3v) is 5.07. The van der Waals surface area contributed by atoms with Crippen LogP contribution >= 0.6 is 0 Å². The summed E-state index contributed by atoms with van der Waals surface area (Å²) in [5.74, 6) is 0. The Kier molecular flexibility index (Phi) is 2.65. The van der Waals surface area contributed by atoms with Crippen LogP contribution in [0.2, 0.25) is 0 Å². The minimum atomic E-state index is -3.42. The Hall–Kier alpha value is -1.10. The van der Waals surface area contributed by atoms with Gasteiger partial charge in [-0.3, -0.25) is 0 Å². The first-order valence-corrected chi connectivity index (χ1v) is 6.59. The quantitative estimate of drug-likeness (QED) is 0.560. The van der Waals surface area contributed by atoms with E-state index in [9.17, 15) is 13.6 Å². The van der Waals surface area contributed by atoms with Crippen LogP contribution in [0.15, 0.2) is 29.4 Å². The maximum absolute atomic E-state index is 12.0. The van der Waals surface area contributed by atoms with Crippen molar-refractivity contribution in [3.8, 4) is 0 Å². The standard InChI is InChI=1S/C10H13NO3S/c12-11-8-4-3-7-10(11)15(13,14)9-5-1-2-6-9/h3-4,7-9H,1-2,5-6H2. The van der Waals surface area contributed by atoms with Gasteiger partial charge in [0.05, 0.1) is 5.25 Å². The van der Waals surface area contributed by atoms with E-state index in [1.165, 1.54) is 18.3 Å². The molecule has 0 aliphatic heterocycles. The molecule has 0 amide bonds. The van der Waals surface area contributed by atoms with E-state index in [-0.39, 0.29) is 10.3 Å². The third-order valence-electron chi connectivity index (χ3n) is 2.82. The third kappa shape index (κ3) is 1.84. The molecule has 82 valence electrons. The van der Waals surface area contributed by atoms with Crippen molar-refractivity contribution in [1.82, 2.24) is 0 Å². The Morgan fingerprint density at radius 1 is 1.27 bits per heavy atom. The van der Waals surface area contributed by atoms with Crippen molar-refractivity contribution in [2.75, 3.05) is 0 Å². The molecule has 15 heavy (non-hydrogen) atoms. The van der Waals surface area contributed by atoms with Crippen LogP contribution in [0.1, 0.15) is 25.7 Å². The van der Waals surface area contributed by atoms with Gasteiger partial charge in [-0.1, -0.05) is 12.8 Å². The van der Waals surface area contributed by atoms with Crippen molar-refractivity contribution >= 4 is 9.84 Å². The molecule has 1 aliphatic carbocycles. The summed E-state index contributed by atoms with van der Waals surface area (Å²) in [5, 5.41) is 10.9. The summed E-state index contributed by atoms with van der Waals surface area (Å²) in [5.41, 5.74) is 0. The molecule has 0 radical (unpaired) electrons. The lowest BCUT2D eigenvalue weighted by Crippen LogP contribution is -2.36. The highest BCUT2D eigenvalue weighted by Crippen LogP contribution is 2.27. The molecular formula is C10H13NO3S. The molecule has 0 spiro atoms. The summed E-state index contributed by atoms with van der Waals surface area (Å²) in [6.45, 7) is 0. The Bertz CT molecular complexity index is 449. The number of hydrogen-bond donors (Lipinski definition) is 0. The zero-order chi connectivity index (χ0) is 10.9. The van der Waals surface area contributed by atoms with E-state index in [1.54, 1.807) is 6.07 Å². The summed E-state index contributed by atoms with van der Waals surface area (Å²) in [4.78, 5) is 0. The van der Waals surface area contributed by atoms with Crippen LogP contribution in [0.5, 0.6) is 0 Å². The Morgan fingerprint density at radius 3 is 2.53 bits per heavy atom. The summed E-state index contributed by atoms with van der Waals surface area (Å²) >= 11 is 0. The van der Waals surface area contributed by atoms with Crippen molar-refractivity contribution in [2.45, 2.75) is 36.0 Å². The van der Waals surface area contributed by atoms with Gasteiger partial charge in [-0.2, -0.15) is 4.73 Å². The number of aromatic nitrogens is 1. The van der Waals surface area contributed by atoms with Gasteiger partial charge in [0.25, 0.3) is 0 Å². The zero-order valence-electron chi connectivity index (χ0n) is 8.30. The minimum absolute atomic E-state index is 0.114. The van der Waals surface area contributed by atoms with Crippen molar-refractivity contribution in [2.24, 2.45) is 0 Å². The lowest BCUT2D eigenvalue weighted by molar-refractivity contribution is -0.646. The normalized spacial score (nSPS) is 18.1. The average molecular weight is 227 g/mol. The molecule has 1 heterocycles. The second-order valence-electron chi connectivity index (χ2n) is 3.82. The molecule has 5 heteroatoms. The van der Waals surface area contributed by atoms with Crippen LogP contribution < -0.4 is 4.73 Å². The van der Waals surface area contributed by atoms with Gasteiger partial charge in [0.2, 0.25) is 9.84 Å². The molecule has 0 aromatic carbocycles. The summed E-state index contributed by atoms with van der Waals surface area (Å²) < 4.78 is 24.5. The predicted molar refractivity (Wildman–Crippen MR) is 54.8 cm³/mol. The van der Waals surface area contributed by atoms with Gasteiger partial charge in [-0.05, 0) is 18.9 Å². The van der Waals surface area contributed by atoms with Gasteiger partial charge in [0.1, 0.15) is 0 Å². The topological polar surface area (TPSA) is 61.1 Å². The summed E-state index contributed by atoms with van der Waals surface area (Å²) in [6.07, 6.45) is 4.46.